The smallest absolute Gasteiger partial charge is 0.316 e. The predicted octanol–water partition coefficient (Wildman–Crippen LogP) is 7.94. The van der Waals surface area contributed by atoms with Gasteiger partial charge in [0.2, 0.25) is 23.5 Å². The van der Waals surface area contributed by atoms with Gasteiger partial charge in [-0.3, -0.25) is 0 Å². The molecule has 4 heterocycles. The van der Waals surface area contributed by atoms with Crippen LogP contribution in [-0.4, -0.2) is 66.3 Å². The van der Waals surface area contributed by atoms with Gasteiger partial charge >= 0.3 is 12.0 Å². The van der Waals surface area contributed by atoms with Crippen LogP contribution in [-0.2, 0) is 0 Å². The fourth-order valence-corrected chi connectivity index (χ4v) is 5.13. The Bertz CT molecular complexity index is 1850. The molecule has 4 aromatic heterocycles. The van der Waals surface area contributed by atoms with Crippen molar-refractivity contribution in [2.45, 2.75) is 0 Å². The van der Waals surface area contributed by atoms with E-state index in [0.717, 1.165) is 29.0 Å². The number of ether oxygens (including phenoxy) is 5. The Kier molecular flexibility index (Phi) is 11.9. The average molecular weight is 918 g/mol. The van der Waals surface area contributed by atoms with Crippen LogP contribution in [0.4, 0.5) is 0 Å². The molecule has 6 aromatic rings. The van der Waals surface area contributed by atoms with Gasteiger partial charge in [0.25, 0.3) is 0 Å². The van der Waals surface area contributed by atoms with Crippen LogP contribution in [0.2, 0.25) is 0 Å². The summed E-state index contributed by atoms with van der Waals surface area (Å²) in [7, 11) is 0. The lowest BCUT2D eigenvalue weighted by Crippen LogP contribution is -2.12. The first-order valence-electron chi connectivity index (χ1n) is 14.3. The Morgan fingerprint density at radius 2 is 0.735 bits per heavy atom. The molecule has 13 nitrogen and oxygen atoms in total. The molecular formula is C32H22Br4N8O5. The fraction of sp³-hybridized carbons (Fsp3) is 0.125. The molecule has 2 aromatic carbocycles. The van der Waals surface area contributed by atoms with Gasteiger partial charge in [-0.25, -0.2) is 39.9 Å². The second-order valence-corrected chi connectivity index (χ2v) is 13.3. The molecule has 0 amide bonds. The zero-order valence-electron chi connectivity index (χ0n) is 25.0. The molecule has 17 heteroatoms. The number of nitrogens with zero attached hydrogens (tertiary/aromatic N) is 8. The minimum atomic E-state index is 0.141. The number of aromatic nitrogens is 8. The van der Waals surface area contributed by atoms with Crippen LogP contribution in [0.3, 0.4) is 0 Å². The Morgan fingerprint density at radius 3 is 1.12 bits per heavy atom. The third kappa shape index (κ3) is 9.44. The molecule has 248 valence electrons. The molecular weight excluding hydrogens is 896 g/mol. The molecule has 0 radical (unpaired) electrons. The SMILES string of the molecule is Brc1ccc(-c2c(OCCOc3ncc(Br)cn3)ncnc2Oc2ncnc(OCCOc3ncc(Br)cn3)c2-c2ccc(Br)cc2)cc1. The first-order chi connectivity index (χ1) is 23.9. The van der Waals surface area contributed by atoms with Crippen LogP contribution in [0.15, 0.2) is 104 Å². The van der Waals surface area contributed by atoms with Gasteiger partial charge in [0, 0.05) is 33.7 Å². The number of rotatable bonds is 14. The van der Waals surface area contributed by atoms with Crippen LogP contribution >= 0.6 is 63.7 Å². The normalized spacial score (nSPS) is 10.8. The number of hydrogen-bond acceptors (Lipinski definition) is 13. The van der Waals surface area contributed by atoms with Crippen molar-refractivity contribution < 1.29 is 23.7 Å². The molecule has 6 rings (SSSR count). The largest absolute Gasteiger partial charge is 0.473 e. The monoisotopic (exact) mass is 914 g/mol. The van der Waals surface area contributed by atoms with E-state index in [-0.39, 0.29) is 62.0 Å². The lowest BCUT2D eigenvalue weighted by atomic mass is 10.1. The second kappa shape index (κ2) is 16.9. The van der Waals surface area contributed by atoms with E-state index in [0.29, 0.717) is 11.1 Å². The van der Waals surface area contributed by atoms with Gasteiger partial charge in [0.15, 0.2) is 0 Å². The quantitative estimate of drug-likeness (QED) is 0.0975. The second-order valence-electron chi connectivity index (χ2n) is 9.60. The van der Waals surface area contributed by atoms with E-state index >= 15 is 0 Å². The molecule has 0 bridgehead atoms. The third-order valence-corrected chi connectivity index (χ3v) is 8.19. The van der Waals surface area contributed by atoms with Crippen LogP contribution in [0.1, 0.15) is 0 Å². The van der Waals surface area contributed by atoms with Crippen molar-refractivity contribution >= 4 is 63.7 Å². The highest BCUT2D eigenvalue weighted by atomic mass is 79.9. The molecule has 0 saturated carbocycles. The van der Waals surface area contributed by atoms with E-state index in [4.69, 9.17) is 23.7 Å². The van der Waals surface area contributed by atoms with Crippen molar-refractivity contribution in [3.8, 4) is 57.8 Å². The van der Waals surface area contributed by atoms with Crippen molar-refractivity contribution in [1.82, 2.24) is 39.9 Å². The van der Waals surface area contributed by atoms with Crippen molar-refractivity contribution in [3.63, 3.8) is 0 Å². The first kappa shape index (κ1) is 34.5. The number of hydrogen-bond donors (Lipinski definition) is 0. The van der Waals surface area contributed by atoms with E-state index in [1.165, 1.54) is 12.7 Å². The maximum Gasteiger partial charge on any atom is 0.316 e. The zero-order valence-corrected chi connectivity index (χ0v) is 31.4. The minimum absolute atomic E-state index is 0.141. The standard InChI is InChI=1S/C32H22Br4N8O5/c33-21-5-1-19(2-6-21)25-27(45-9-11-47-31-37-13-23(35)14-38-31)41-17-43-29(25)49-30-26(20-3-7-22(34)8-4-20)28(42-18-44-30)46-10-12-48-32-39-15-24(36)16-40-32/h1-8,13-18H,9-12H2. The minimum Gasteiger partial charge on any atom is -0.473 e. The van der Waals surface area contributed by atoms with E-state index in [2.05, 4.69) is 104 Å². The van der Waals surface area contributed by atoms with E-state index in [1.807, 2.05) is 48.5 Å². The summed E-state index contributed by atoms with van der Waals surface area (Å²) in [5.41, 5.74) is 2.49. The molecule has 0 fully saturated rings. The van der Waals surface area contributed by atoms with Crippen LogP contribution < -0.4 is 23.7 Å². The molecule has 0 saturated heterocycles. The van der Waals surface area contributed by atoms with Gasteiger partial charge in [-0.1, -0.05) is 56.1 Å². The highest BCUT2D eigenvalue weighted by Crippen LogP contribution is 2.42. The maximum atomic E-state index is 6.47. The lowest BCUT2D eigenvalue weighted by Gasteiger charge is -2.17. The van der Waals surface area contributed by atoms with Crippen LogP contribution in [0.25, 0.3) is 22.3 Å². The Balaban J connectivity index is 1.28. The zero-order chi connectivity index (χ0) is 34.0. The summed E-state index contributed by atoms with van der Waals surface area (Å²) in [4.78, 5) is 34.3. The van der Waals surface area contributed by atoms with Gasteiger partial charge in [-0.05, 0) is 67.3 Å². The summed E-state index contributed by atoms with van der Waals surface area (Å²) in [6.07, 6.45) is 9.10. The molecule has 0 aliphatic carbocycles. The summed E-state index contributed by atoms with van der Waals surface area (Å²) >= 11 is 13.6. The van der Waals surface area contributed by atoms with Crippen molar-refractivity contribution in [1.29, 1.82) is 0 Å². The van der Waals surface area contributed by atoms with Gasteiger partial charge < -0.3 is 23.7 Å². The summed E-state index contributed by atoms with van der Waals surface area (Å²) in [5.74, 6) is 0.942. The van der Waals surface area contributed by atoms with Gasteiger partial charge in [-0.15, -0.1) is 0 Å². The fourth-order valence-electron chi connectivity index (χ4n) is 4.19. The highest BCUT2D eigenvalue weighted by molar-refractivity contribution is 9.11. The summed E-state index contributed by atoms with van der Waals surface area (Å²) in [6, 6.07) is 15.6. The number of halogens is 4. The first-order valence-corrected chi connectivity index (χ1v) is 17.5. The lowest BCUT2D eigenvalue weighted by molar-refractivity contribution is 0.200. The van der Waals surface area contributed by atoms with E-state index in [1.54, 1.807) is 24.8 Å². The third-order valence-electron chi connectivity index (χ3n) is 6.31. The summed E-state index contributed by atoms with van der Waals surface area (Å²) < 4.78 is 33.2. The van der Waals surface area contributed by atoms with Gasteiger partial charge in [-0.2, -0.15) is 0 Å². The predicted molar refractivity (Wildman–Crippen MR) is 192 cm³/mol. The van der Waals surface area contributed by atoms with Crippen molar-refractivity contribution in [3.05, 3.63) is 104 Å². The molecule has 0 aliphatic rings. The Hall–Kier alpha value is -4.32. The summed E-state index contributed by atoms with van der Waals surface area (Å²) in [6.45, 7) is 0.615. The Labute approximate surface area is 313 Å². The molecule has 0 unspecified atom stereocenters. The van der Waals surface area contributed by atoms with E-state index < -0.39 is 0 Å². The van der Waals surface area contributed by atoms with Crippen molar-refractivity contribution in [2.24, 2.45) is 0 Å². The molecule has 0 atom stereocenters. The molecule has 0 N–H and O–H groups in total. The average Bonchev–Trinajstić information content (AvgIpc) is 3.11. The van der Waals surface area contributed by atoms with Crippen molar-refractivity contribution in [2.75, 3.05) is 26.4 Å². The van der Waals surface area contributed by atoms with Crippen LogP contribution in [0, 0.1) is 0 Å². The molecule has 0 spiro atoms. The van der Waals surface area contributed by atoms with Crippen LogP contribution in [0.5, 0.6) is 35.5 Å². The topological polar surface area (TPSA) is 149 Å². The van der Waals surface area contributed by atoms with Gasteiger partial charge in [0.05, 0.1) is 8.95 Å². The molecule has 49 heavy (non-hydrogen) atoms. The summed E-state index contributed by atoms with van der Waals surface area (Å²) in [5, 5.41) is 0. The maximum absolute atomic E-state index is 6.47. The molecule has 0 aliphatic heterocycles. The van der Waals surface area contributed by atoms with E-state index in [9.17, 15) is 0 Å². The number of benzene rings is 2. The van der Waals surface area contributed by atoms with Gasteiger partial charge in [0.1, 0.15) is 50.2 Å². The Morgan fingerprint density at radius 1 is 0.388 bits per heavy atom. The highest BCUT2D eigenvalue weighted by Gasteiger charge is 2.23.